The molecule has 0 fully saturated rings. The van der Waals surface area contributed by atoms with E-state index in [0.717, 1.165) is 17.5 Å². The Labute approximate surface area is 110 Å². The molecule has 3 nitrogen and oxygen atoms in total. The third-order valence-corrected chi connectivity index (χ3v) is 3.39. The van der Waals surface area contributed by atoms with Gasteiger partial charge in [0.05, 0.1) is 11.1 Å². The number of nitrogens with one attached hydrogen (secondary N) is 1. The lowest BCUT2D eigenvalue weighted by molar-refractivity contribution is 0.931. The van der Waals surface area contributed by atoms with Crippen LogP contribution in [0, 0.1) is 6.92 Å². The molecule has 0 spiro atoms. The summed E-state index contributed by atoms with van der Waals surface area (Å²) in [5, 5.41) is 8.40. The Morgan fingerprint density at radius 3 is 2.47 bits per heavy atom. The highest BCUT2D eigenvalue weighted by atomic mass is 16.1. The fourth-order valence-corrected chi connectivity index (χ4v) is 2.30. The molecule has 1 aromatic heterocycles. The summed E-state index contributed by atoms with van der Waals surface area (Å²) in [5.74, 6) is 0. The molecule has 1 N–H and O–H groups in total. The monoisotopic (exact) mass is 250 g/mol. The van der Waals surface area contributed by atoms with Crippen molar-refractivity contribution in [1.82, 2.24) is 10.2 Å². The van der Waals surface area contributed by atoms with E-state index in [0.29, 0.717) is 5.39 Å². The van der Waals surface area contributed by atoms with Gasteiger partial charge in [0.2, 0.25) is 0 Å². The first kappa shape index (κ1) is 11.7. The standard InChI is InChI=1S/C16H14N2O/c1-11-6-2-3-7-12(11)10-15-13-8-4-5-9-14(13)16(19)18-17-15/h2-9H,10H2,1H3,(H,18,19). The van der Waals surface area contributed by atoms with Crippen LogP contribution < -0.4 is 5.56 Å². The van der Waals surface area contributed by atoms with Crippen molar-refractivity contribution in [2.24, 2.45) is 0 Å². The normalized spacial score (nSPS) is 10.8. The summed E-state index contributed by atoms with van der Waals surface area (Å²) in [6.07, 6.45) is 0.726. The van der Waals surface area contributed by atoms with Crippen LogP contribution in [0.2, 0.25) is 0 Å². The summed E-state index contributed by atoms with van der Waals surface area (Å²) >= 11 is 0. The van der Waals surface area contributed by atoms with E-state index in [1.807, 2.05) is 36.4 Å². The lowest BCUT2D eigenvalue weighted by atomic mass is 10.0. The zero-order valence-electron chi connectivity index (χ0n) is 10.7. The van der Waals surface area contributed by atoms with E-state index in [9.17, 15) is 4.79 Å². The quantitative estimate of drug-likeness (QED) is 0.760. The van der Waals surface area contributed by atoms with E-state index in [-0.39, 0.29) is 5.56 Å². The van der Waals surface area contributed by atoms with Crippen LogP contribution in [-0.2, 0) is 6.42 Å². The molecule has 0 saturated carbocycles. The van der Waals surface area contributed by atoms with Crippen LogP contribution in [-0.4, -0.2) is 10.2 Å². The van der Waals surface area contributed by atoms with Crippen molar-refractivity contribution in [1.29, 1.82) is 0 Å². The summed E-state index contributed by atoms with van der Waals surface area (Å²) in [5.41, 5.74) is 3.24. The molecule has 0 radical (unpaired) electrons. The highest BCUT2D eigenvalue weighted by Gasteiger charge is 2.07. The van der Waals surface area contributed by atoms with Crippen molar-refractivity contribution in [3.63, 3.8) is 0 Å². The van der Waals surface area contributed by atoms with Crippen molar-refractivity contribution in [3.8, 4) is 0 Å². The van der Waals surface area contributed by atoms with E-state index < -0.39 is 0 Å². The molecule has 0 aliphatic carbocycles. The number of H-pyrrole nitrogens is 1. The van der Waals surface area contributed by atoms with Crippen LogP contribution in [0.1, 0.15) is 16.8 Å². The molecule has 1 heterocycles. The Balaban J connectivity index is 2.14. The molecule has 19 heavy (non-hydrogen) atoms. The minimum Gasteiger partial charge on any atom is -0.267 e. The molecular weight excluding hydrogens is 236 g/mol. The Hall–Kier alpha value is -2.42. The Bertz CT molecular complexity index is 790. The van der Waals surface area contributed by atoms with E-state index in [2.05, 4.69) is 29.3 Å². The molecule has 0 atom stereocenters. The number of aryl methyl sites for hydroxylation is 1. The van der Waals surface area contributed by atoms with Crippen molar-refractivity contribution in [2.45, 2.75) is 13.3 Å². The molecule has 0 unspecified atom stereocenters. The third-order valence-electron chi connectivity index (χ3n) is 3.39. The lowest BCUT2D eigenvalue weighted by Gasteiger charge is -2.07. The van der Waals surface area contributed by atoms with Crippen LogP contribution >= 0.6 is 0 Å². The maximum atomic E-state index is 11.7. The highest BCUT2D eigenvalue weighted by Crippen LogP contribution is 2.17. The average Bonchev–Trinajstić information content (AvgIpc) is 2.44. The first-order valence-electron chi connectivity index (χ1n) is 6.26. The molecule has 0 saturated heterocycles. The molecule has 94 valence electrons. The van der Waals surface area contributed by atoms with Gasteiger partial charge in [-0.1, -0.05) is 42.5 Å². The molecule has 0 amide bonds. The predicted octanol–water partition coefficient (Wildman–Crippen LogP) is 2.82. The van der Waals surface area contributed by atoms with Crippen LogP contribution in [0.25, 0.3) is 10.8 Å². The second kappa shape index (κ2) is 4.69. The van der Waals surface area contributed by atoms with Gasteiger partial charge >= 0.3 is 0 Å². The zero-order valence-corrected chi connectivity index (χ0v) is 10.7. The number of aromatic nitrogens is 2. The van der Waals surface area contributed by atoms with Gasteiger partial charge in [-0.25, -0.2) is 5.10 Å². The summed E-state index contributed by atoms with van der Waals surface area (Å²) in [6.45, 7) is 2.09. The predicted molar refractivity (Wildman–Crippen MR) is 76.3 cm³/mol. The number of fused-ring (bicyclic) bond motifs is 1. The fraction of sp³-hybridized carbons (Fsp3) is 0.125. The van der Waals surface area contributed by atoms with E-state index >= 15 is 0 Å². The molecular formula is C16H14N2O. The second-order valence-electron chi connectivity index (χ2n) is 4.65. The number of hydrogen-bond donors (Lipinski definition) is 1. The van der Waals surface area contributed by atoms with Crippen LogP contribution in [0.5, 0.6) is 0 Å². The maximum Gasteiger partial charge on any atom is 0.272 e. The van der Waals surface area contributed by atoms with Crippen molar-refractivity contribution in [3.05, 3.63) is 75.7 Å². The third kappa shape index (κ3) is 2.15. The van der Waals surface area contributed by atoms with Gasteiger partial charge in [-0.15, -0.1) is 0 Å². The zero-order chi connectivity index (χ0) is 13.2. The van der Waals surface area contributed by atoms with E-state index in [4.69, 9.17) is 0 Å². The molecule has 0 bridgehead atoms. The minimum atomic E-state index is -0.135. The molecule has 3 aromatic rings. The van der Waals surface area contributed by atoms with Crippen molar-refractivity contribution >= 4 is 10.8 Å². The summed E-state index contributed by atoms with van der Waals surface area (Å²) in [4.78, 5) is 11.7. The van der Waals surface area contributed by atoms with Crippen molar-refractivity contribution in [2.75, 3.05) is 0 Å². The summed E-state index contributed by atoms with van der Waals surface area (Å²) < 4.78 is 0. The number of aromatic amines is 1. The van der Waals surface area contributed by atoms with Gasteiger partial charge in [-0.2, -0.15) is 5.10 Å². The fourth-order valence-electron chi connectivity index (χ4n) is 2.30. The number of hydrogen-bond acceptors (Lipinski definition) is 2. The first-order chi connectivity index (χ1) is 9.25. The van der Waals surface area contributed by atoms with E-state index in [1.54, 1.807) is 0 Å². The summed E-state index contributed by atoms with van der Waals surface area (Å²) in [6, 6.07) is 15.8. The maximum absolute atomic E-state index is 11.7. The second-order valence-corrected chi connectivity index (χ2v) is 4.65. The van der Waals surface area contributed by atoms with Gasteiger partial charge in [0.1, 0.15) is 0 Å². The Morgan fingerprint density at radius 1 is 1.00 bits per heavy atom. The first-order valence-corrected chi connectivity index (χ1v) is 6.26. The molecule has 0 aliphatic rings. The highest BCUT2D eigenvalue weighted by molar-refractivity contribution is 5.83. The van der Waals surface area contributed by atoms with Crippen LogP contribution in [0.3, 0.4) is 0 Å². The van der Waals surface area contributed by atoms with Crippen molar-refractivity contribution < 1.29 is 0 Å². The van der Waals surface area contributed by atoms with Gasteiger partial charge in [-0.3, -0.25) is 4.79 Å². The molecule has 2 aromatic carbocycles. The SMILES string of the molecule is Cc1ccccc1Cc1n[nH]c(=O)c2ccccc12. The smallest absolute Gasteiger partial charge is 0.267 e. The van der Waals surface area contributed by atoms with Gasteiger partial charge in [0.25, 0.3) is 5.56 Å². The Morgan fingerprint density at radius 2 is 1.68 bits per heavy atom. The van der Waals surface area contributed by atoms with Crippen LogP contribution in [0.4, 0.5) is 0 Å². The summed E-state index contributed by atoms with van der Waals surface area (Å²) in [7, 11) is 0. The van der Waals surface area contributed by atoms with Gasteiger partial charge in [-0.05, 0) is 24.1 Å². The molecule has 3 heteroatoms. The largest absolute Gasteiger partial charge is 0.272 e. The minimum absolute atomic E-state index is 0.135. The van der Waals surface area contributed by atoms with Gasteiger partial charge < -0.3 is 0 Å². The van der Waals surface area contributed by atoms with Gasteiger partial charge in [0.15, 0.2) is 0 Å². The van der Waals surface area contributed by atoms with E-state index in [1.165, 1.54) is 11.1 Å². The lowest BCUT2D eigenvalue weighted by Crippen LogP contribution is -2.11. The molecule has 0 aliphatic heterocycles. The number of nitrogens with zero attached hydrogens (tertiary/aromatic N) is 1. The topological polar surface area (TPSA) is 45.8 Å². The Kier molecular flexibility index (Phi) is 2.88. The van der Waals surface area contributed by atoms with Gasteiger partial charge in [0, 0.05) is 11.8 Å². The molecule has 3 rings (SSSR count). The number of rotatable bonds is 2. The van der Waals surface area contributed by atoms with Crippen LogP contribution in [0.15, 0.2) is 53.3 Å². The number of benzene rings is 2. The average molecular weight is 250 g/mol.